The molecule has 138 valence electrons. The SMILES string of the molecule is COc1cccc(-c2ccc(NC(=O)c3ccc(C)cc3)nc2N)c1OC. The standard InChI is InChI=1S/C21H21N3O3/c1-13-7-9-14(10-8-13)21(25)24-18-12-11-16(20(22)23-18)15-5-4-6-17(26-2)19(15)27-3/h4-12H,1-3H3,(H3,22,23,24,25). The van der Waals surface area contributed by atoms with Crippen molar-refractivity contribution in [2.75, 3.05) is 25.3 Å². The summed E-state index contributed by atoms with van der Waals surface area (Å²) in [6.45, 7) is 1.97. The van der Waals surface area contributed by atoms with Crippen LogP contribution in [0.25, 0.3) is 11.1 Å². The van der Waals surface area contributed by atoms with Crippen LogP contribution in [0.4, 0.5) is 11.6 Å². The normalized spacial score (nSPS) is 10.3. The Morgan fingerprint density at radius 1 is 0.963 bits per heavy atom. The van der Waals surface area contributed by atoms with Gasteiger partial charge in [0.05, 0.1) is 14.2 Å². The van der Waals surface area contributed by atoms with E-state index in [9.17, 15) is 4.79 Å². The fraction of sp³-hybridized carbons (Fsp3) is 0.143. The molecule has 0 aliphatic heterocycles. The molecule has 3 rings (SSSR count). The molecular formula is C21H21N3O3. The highest BCUT2D eigenvalue weighted by molar-refractivity contribution is 6.04. The number of benzene rings is 2. The number of nitrogens with two attached hydrogens (primary N) is 1. The molecule has 0 radical (unpaired) electrons. The minimum absolute atomic E-state index is 0.242. The Kier molecular flexibility index (Phi) is 5.26. The van der Waals surface area contributed by atoms with Crippen molar-refractivity contribution in [3.63, 3.8) is 0 Å². The van der Waals surface area contributed by atoms with E-state index in [2.05, 4.69) is 10.3 Å². The second kappa shape index (κ2) is 7.78. The number of hydrogen-bond acceptors (Lipinski definition) is 5. The molecule has 1 heterocycles. The first-order valence-electron chi connectivity index (χ1n) is 8.39. The van der Waals surface area contributed by atoms with E-state index >= 15 is 0 Å². The molecule has 1 amide bonds. The van der Waals surface area contributed by atoms with Crippen LogP contribution in [0.3, 0.4) is 0 Å². The van der Waals surface area contributed by atoms with Crippen LogP contribution in [-0.4, -0.2) is 25.1 Å². The number of rotatable bonds is 5. The molecule has 6 nitrogen and oxygen atoms in total. The summed E-state index contributed by atoms with van der Waals surface area (Å²) in [7, 11) is 3.15. The number of pyridine rings is 1. The van der Waals surface area contributed by atoms with Gasteiger partial charge in [-0.05, 0) is 37.3 Å². The molecular weight excluding hydrogens is 342 g/mol. The van der Waals surface area contributed by atoms with Gasteiger partial charge in [-0.3, -0.25) is 4.79 Å². The number of methoxy groups -OCH3 is 2. The van der Waals surface area contributed by atoms with Crippen molar-refractivity contribution in [3.8, 4) is 22.6 Å². The molecule has 0 aliphatic rings. The van der Waals surface area contributed by atoms with E-state index in [1.807, 2.05) is 37.3 Å². The number of hydrogen-bond donors (Lipinski definition) is 2. The zero-order valence-electron chi connectivity index (χ0n) is 15.4. The van der Waals surface area contributed by atoms with Gasteiger partial charge in [0, 0.05) is 16.7 Å². The van der Waals surface area contributed by atoms with Gasteiger partial charge in [0.25, 0.3) is 5.91 Å². The predicted octanol–water partition coefficient (Wildman–Crippen LogP) is 3.91. The first-order chi connectivity index (χ1) is 13.0. The van der Waals surface area contributed by atoms with Crippen LogP contribution in [-0.2, 0) is 0 Å². The molecule has 1 aromatic heterocycles. The van der Waals surface area contributed by atoms with E-state index in [-0.39, 0.29) is 11.7 Å². The molecule has 0 bridgehead atoms. The maximum absolute atomic E-state index is 12.3. The Morgan fingerprint density at radius 2 is 1.70 bits per heavy atom. The number of nitrogens with one attached hydrogen (secondary N) is 1. The second-order valence-corrected chi connectivity index (χ2v) is 5.99. The van der Waals surface area contributed by atoms with Gasteiger partial charge < -0.3 is 20.5 Å². The molecule has 0 saturated heterocycles. The lowest BCUT2D eigenvalue weighted by Crippen LogP contribution is -2.13. The van der Waals surface area contributed by atoms with Gasteiger partial charge in [0.1, 0.15) is 11.6 Å². The minimum atomic E-state index is -0.242. The van der Waals surface area contributed by atoms with Gasteiger partial charge in [-0.25, -0.2) is 4.98 Å². The lowest BCUT2D eigenvalue weighted by Gasteiger charge is -2.14. The van der Waals surface area contributed by atoms with Gasteiger partial charge in [-0.2, -0.15) is 0 Å². The highest BCUT2D eigenvalue weighted by atomic mass is 16.5. The van der Waals surface area contributed by atoms with Crippen LogP contribution >= 0.6 is 0 Å². The van der Waals surface area contributed by atoms with Gasteiger partial charge in [0.15, 0.2) is 11.5 Å². The van der Waals surface area contributed by atoms with Gasteiger partial charge >= 0.3 is 0 Å². The van der Waals surface area contributed by atoms with Crippen LogP contribution in [0.1, 0.15) is 15.9 Å². The zero-order chi connectivity index (χ0) is 19.4. The first kappa shape index (κ1) is 18.3. The largest absolute Gasteiger partial charge is 0.493 e. The van der Waals surface area contributed by atoms with Crippen LogP contribution in [0.5, 0.6) is 11.5 Å². The Hall–Kier alpha value is -3.54. The Balaban J connectivity index is 1.88. The number of nitrogens with zero attached hydrogens (tertiary/aromatic N) is 1. The summed E-state index contributed by atoms with van der Waals surface area (Å²) < 4.78 is 10.8. The fourth-order valence-electron chi connectivity index (χ4n) is 2.76. The zero-order valence-corrected chi connectivity index (χ0v) is 15.4. The number of nitrogen functional groups attached to an aromatic ring is 1. The van der Waals surface area contributed by atoms with Gasteiger partial charge in [-0.1, -0.05) is 29.8 Å². The van der Waals surface area contributed by atoms with Crippen molar-refractivity contribution in [2.24, 2.45) is 0 Å². The molecule has 27 heavy (non-hydrogen) atoms. The third-order valence-electron chi connectivity index (χ3n) is 4.17. The molecule has 0 unspecified atom stereocenters. The first-order valence-corrected chi connectivity index (χ1v) is 8.39. The molecule has 3 aromatic rings. The number of carbonyl (C=O) groups excluding carboxylic acids is 1. The molecule has 6 heteroatoms. The molecule has 3 N–H and O–H groups in total. The topological polar surface area (TPSA) is 86.5 Å². The summed E-state index contributed by atoms with van der Waals surface area (Å²) in [4.78, 5) is 16.7. The van der Waals surface area contributed by atoms with E-state index < -0.39 is 0 Å². The quantitative estimate of drug-likeness (QED) is 0.718. The fourth-order valence-corrected chi connectivity index (χ4v) is 2.76. The lowest BCUT2D eigenvalue weighted by molar-refractivity contribution is 0.102. The van der Waals surface area contributed by atoms with E-state index in [0.717, 1.165) is 11.1 Å². The summed E-state index contributed by atoms with van der Waals surface area (Å²) in [6.07, 6.45) is 0. The maximum atomic E-state index is 12.3. The summed E-state index contributed by atoms with van der Waals surface area (Å²) >= 11 is 0. The van der Waals surface area contributed by atoms with Crippen LogP contribution < -0.4 is 20.5 Å². The Labute approximate surface area is 158 Å². The average Bonchev–Trinajstić information content (AvgIpc) is 2.68. The molecule has 0 fully saturated rings. The number of ether oxygens (including phenoxy) is 2. The molecule has 0 aliphatic carbocycles. The van der Waals surface area contributed by atoms with Crippen LogP contribution in [0.15, 0.2) is 54.6 Å². The number of anilines is 2. The lowest BCUT2D eigenvalue weighted by atomic mass is 10.0. The summed E-state index contributed by atoms with van der Waals surface area (Å²) in [5, 5.41) is 2.76. The number of aromatic nitrogens is 1. The highest BCUT2D eigenvalue weighted by Gasteiger charge is 2.15. The van der Waals surface area contributed by atoms with Crippen molar-refractivity contribution >= 4 is 17.5 Å². The van der Waals surface area contributed by atoms with Crippen molar-refractivity contribution in [1.29, 1.82) is 0 Å². The Morgan fingerprint density at radius 3 is 2.33 bits per heavy atom. The van der Waals surface area contributed by atoms with Gasteiger partial charge in [0.2, 0.25) is 0 Å². The van der Waals surface area contributed by atoms with E-state index in [0.29, 0.717) is 28.4 Å². The highest BCUT2D eigenvalue weighted by Crippen LogP contribution is 2.39. The van der Waals surface area contributed by atoms with Crippen molar-refractivity contribution in [1.82, 2.24) is 4.98 Å². The second-order valence-electron chi connectivity index (χ2n) is 5.99. The molecule has 0 saturated carbocycles. The smallest absolute Gasteiger partial charge is 0.256 e. The monoisotopic (exact) mass is 363 g/mol. The summed E-state index contributed by atoms with van der Waals surface area (Å²) in [5.41, 5.74) is 9.24. The molecule has 0 spiro atoms. The third-order valence-corrected chi connectivity index (χ3v) is 4.17. The number of amides is 1. The van der Waals surface area contributed by atoms with E-state index in [4.69, 9.17) is 15.2 Å². The number of carbonyl (C=O) groups is 1. The number of para-hydroxylation sites is 1. The van der Waals surface area contributed by atoms with Gasteiger partial charge in [-0.15, -0.1) is 0 Å². The van der Waals surface area contributed by atoms with Crippen molar-refractivity contribution in [3.05, 3.63) is 65.7 Å². The summed E-state index contributed by atoms with van der Waals surface area (Å²) in [5.74, 6) is 1.59. The summed E-state index contributed by atoms with van der Waals surface area (Å²) in [6, 6.07) is 16.3. The average molecular weight is 363 g/mol. The third kappa shape index (κ3) is 3.84. The molecule has 0 atom stereocenters. The minimum Gasteiger partial charge on any atom is -0.493 e. The van der Waals surface area contributed by atoms with Crippen molar-refractivity contribution < 1.29 is 14.3 Å². The van der Waals surface area contributed by atoms with Crippen molar-refractivity contribution in [2.45, 2.75) is 6.92 Å². The van der Waals surface area contributed by atoms with Crippen LogP contribution in [0.2, 0.25) is 0 Å². The van der Waals surface area contributed by atoms with E-state index in [1.54, 1.807) is 38.5 Å². The number of aryl methyl sites for hydroxylation is 1. The Bertz CT molecular complexity index is 969. The molecule has 2 aromatic carbocycles. The van der Waals surface area contributed by atoms with E-state index in [1.165, 1.54) is 0 Å². The van der Waals surface area contributed by atoms with Crippen LogP contribution in [0, 0.1) is 6.92 Å². The predicted molar refractivity (Wildman–Crippen MR) is 106 cm³/mol. The maximum Gasteiger partial charge on any atom is 0.256 e.